The van der Waals surface area contributed by atoms with E-state index >= 15 is 0 Å². The Morgan fingerprint density at radius 1 is 1.32 bits per heavy atom. The molecule has 6 heteroatoms. The van der Waals surface area contributed by atoms with E-state index in [0.29, 0.717) is 13.0 Å². The van der Waals surface area contributed by atoms with Crippen molar-refractivity contribution >= 4 is 5.91 Å². The van der Waals surface area contributed by atoms with Crippen LogP contribution in [-0.4, -0.2) is 56.9 Å². The Labute approximate surface area is 130 Å². The second-order valence-corrected chi connectivity index (χ2v) is 5.77. The highest BCUT2D eigenvalue weighted by Crippen LogP contribution is 2.22. The number of imidazole rings is 1. The van der Waals surface area contributed by atoms with E-state index in [4.69, 9.17) is 0 Å². The van der Waals surface area contributed by atoms with Gasteiger partial charge in [0, 0.05) is 51.5 Å². The molecular weight excluding hydrogens is 278 g/mol. The molecule has 1 aliphatic heterocycles. The number of aryl methyl sites for hydroxylation is 1. The van der Waals surface area contributed by atoms with Crippen LogP contribution in [0.1, 0.15) is 17.4 Å². The zero-order valence-corrected chi connectivity index (χ0v) is 13.0. The number of amides is 1. The van der Waals surface area contributed by atoms with Crippen molar-refractivity contribution in [1.82, 2.24) is 24.3 Å². The largest absolute Gasteiger partial charge is 0.339 e. The van der Waals surface area contributed by atoms with E-state index in [9.17, 15) is 4.79 Å². The van der Waals surface area contributed by atoms with Crippen LogP contribution >= 0.6 is 0 Å². The maximum atomic E-state index is 12.5. The minimum atomic E-state index is 0.145. The predicted octanol–water partition coefficient (Wildman–Crippen LogP) is 0.873. The maximum absolute atomic E-state index is 12.5. The topological polar surface area (TPSA) is 54.3 Å². The first-order chi connectivity index (χ1) is 10.6. The normalized spacial score (nSPS) is 19.4. The lowest BCUT2D eigenvalue weighted by atomic mass is 10.1. The number of aromatic nitrogens is 3. The highest BCUT2D eigenvalue weighted by atomic mass is 16.2. The van der Waals surface area contributed by atoms with Crippen LogP contribution in [0.4, 0.5) is 0 Å². The quantitative estimate of drug-likeness (QED) is 0.844. The fraction of sp³-hybridized carbons (Fsp3) is 0.438. The van der Waals surface area contributed by atoms with Gasteiger partial charge >= 0.3 is 0 Å². The van der Waals surface area contributed by atoms with E-state index in [2.05, 4.69) is 21.9 Å². The Morgan fingerprint density at radius 3 is 2.86 bits per heavy atom. The summed E-state index contributed by atoms with van der Waals surface area (Å²) in [6.07, 6.45) is 7.63. The summed E-state index contributed by atoms with van der Waals surface area (Å²) in [5, 5.41) is 0. The van der Waals surface area contributed by atoms with Gasteiger partial charge in [-0.05, 0) is 18.7 Å². The lowest BCUT2D eigenvalue weighted by Crippen LogP contribution is -2.50. The molecule has 0 N–H and O–H groups in total. The summed E-state index contributed by atoms with van der Waals surface area (Å²) in [5.74, 6) is 1.15. The number of likely N-dealkylation sites (N-methyl/N-ethyl adjacent to an activating group) is 1. The summed E-state index contributed by atoms with van der Waals surface area (Å²) in [6.45, 7) is 2.30. The van der Waals surface area contributed by atoms with E-state index in [1.807, 2.05) is 34.8 Å². The van der Waals surface area contributed by atoms with Crippen LogP contribution in [0.5, 0.6) is 0 Å². The fourth-order valence-corrected chi connectivity index (χ4v) is 2.87. The summed E-state index contributed by atoms with van der Waals surface area (Å²) >= 11 is 0. The van der Waals surface area contributed by atoms with Gasteiger partial charge in [-0.1, -0.05) is 6.07 Å². The maximum Gasteiger partial charge on any atom is 0.227 e. The molecule has 1 amide bonds. The van der Waals surface area contributed by atoms with Gasteiger partial charge in [0.15, 0.2) is 0 Å². The number of rotatable bonds is 3. The molecule has 3 heterocycles. The molecule has 6 nitrogen and oxygen atoms in total. The first kappa shape index (κ1) is 14.7. The molecule has 0 bridgehead atoms. The minimum Gasteiger partial charge on any atom is -0.339 e. The number of carbonyl (C=O) groups excluding carboxylic acids is 1. The third-order valence-electron chi connectivity index (χ3n) is 4.24. The van der Waals surface area contributed by atoms with Crippen molar-refractivity contribution in [3.63, 3.8) is 0 Å². The Balaban J connectivity index is 1.70. The summed E-state index contributed by atoms with van der Waals surface area (Å²) in [5.41, 5.74) is 0.958. The minimum absolute atomic E-state index is 0.145. The Hall–Kier alpha value is -2.21. The van der Waals surface area contributed by atoms with Crippen LogP contribution in [0.15, 0.2) is 36.9 Å². The van der Waals surface area contributed by atoms with Crippen molar-refractivity contribution in [2.24, 2.45) is 7.05 Å². The van der Waals surface area contributed by atoms with Gasteiger partial charge in [-0.2, -0.15) is 0 Å². The van der Waals surface area contributed by atoms with E-state index in [1.165, 1.54) is 0 Å². The first-order valence-electron chi connectivity index (χ1n) is 7.49. The summed E-state index contributed by atoms with van der Waals surface area (Å²) in [7, 11) is 4.08. The average Bonchev–Trinajstić information content (AvgIpc) is 2.94. The van der Waals surface area contributed by atoms with Crippen molar-refractivity contribution in [2.75, 3.05) is 26.7 Å². The van der Waals surface area contributed by atoms with Crippen LogP contribution < -0.4 is 0 Å². The van der Waals surface area contributed by atoms with Crippen molar-refractivity contribution in [2.45, 2.75) is 12.5 Å². The SMILES string of the molecule is CN1CCN(C(=O)Cc2cccnc2)C[C@@H]1c1nccn1C. The molecule has 0 saturated carbocycles. The van der Waals surface area contributed by atoms with E-state index in [1.54, 1.807) is 18.6 Å². The summed E-state index contributed by atoms with van der Waals surface area (Å²) in [4.78, 5) is 25.2. The monoisotopic (exact) mass is 299 g/mol. The molecule has 2 aromatic rings. The molecule has 0 aromatic carbocycles. The second-order valence-electron chi connectivity index (χ2n) is 5.77. The molecular formula is C16H21N5O. The molecule has 1 aliphatic rings. The number of hydrogen-bond acceptors (Lipinski definition) is 4. The molecule has 116 valence electrons. The molecule has 0 unspecified atom stereocenters. The van der Waals surface area contributed by atoms with Gasteiger partial charge in [-0.25, -0.2) is 4.98 Å². The van der Waals surface area contributed by atoms with Gasteiger partial charge in [-0.15, -0.1) is 0 Å². The van der Waals surface area contributed by atoms with Crippen LogP contribution in [0.2, 0.25) is 0 Å². The van der Waals surface area contributed by atoms with Gasteiger partial charge in [0.2, 0.25) is 5.91 Å². The molecule has 22 heavy (non-hydrogen) atoms. The lowest BCUT2D eigenvalue weighted by Gasteiger charge is -2.39. The second kappa shape index (κ2) is 6.27. The van der Waals surface area contributed by atoms with E-state index < -0.39 is 0 Å². The lowest BCUT2D eigenvalue weighted by molar-refractivity contribution is -0.133. The van der Waals surface area contributed by atoms with Crippen molar-refractivity contribution in [1.29, 1.82) is 0 Å². The fourth-order valence-electron chi connectivity index (χ4n) is 2.87. The Morgan fingerprint density at radius 2 is 2.18 bits per heavy atom. The third-order valence-corrected chi connectivity index (χ3v) is 4.24. The smallest absolute Gasteiger partial charge is 0.227 e. The van der Waals surface area contributed by atoms with E-state index in [0.717, 1.165) is 24.5 Å². The number of hydrogen-bond donors (Lipinski definition) is 0. The van der Waals surface area contributed by atoms with Gasteiger partial charge in [0.1, 0.15) is 5.82 Å². The standard InChI is InChI=1S/C16H21N5O/c1-19-8-9-21(12-14(19)16-18-6-7-20(16)2)15(22)10-13-4-3-5-17-11-13/h3-7,11,14H,8-10,12H2,1-2H3/t14-/m1/s1. The van der Waals surface area contributed by atoms with Crippen molar-refractivity contribution in [3.8, 4) is 0 Å². The van der Waals surface area contributed by atoms with E-state index in [-0.39, 0.29) is 11.9 Å². The Bertz CT molecular complexity index is 639. The zero-order valence-electron chi connectivity index (χ0n) is 13.0. The van der Waals surface area contributed by atoms with Crippen LogP contribution in [0.25, 0.3) is 0 Å². The zero-order chi connectivity index (χ0) is 15.5. The van der Waals surface area contributed by atoms with Gasteiger partial charge in [-0.3, -0.25) is 14.7 Å². The van der Waals surface area contributed by atoms with Crippen LogP contribution in [-0.2, 0) is 18.3 Å². The molecule has 3 rings (SSSR count). The van der Waals surface area contributed by atoms with Crippen molar-refractivity contribution < 1.29 is 4.79 Å². The Kier molecular flexibility index (Phi) is 4.20. The average molecular weight is 299 g/mol. The summed E-state index contributed by atoms with van der Waals surface area (Å²) < 4.78 is 2.02. The third kappa shape index (κ3) is 3.01. The predicted molar refractivity (Wildman–Crippen MR) is 83.1 cm³/mol. The molecule has 1 saturated heterocycles. The molecule has 0 spiro atoms. The molecule has 0 radical (unpaired) electrons. The van der Waals surface area contributed by atoms with Gasteiger partial charge < -0.3 is 9.47 Å². The molecule has 0 aliphatic carbocycles. The van der Waals surface area contributed by atoms with Crippen LogP contribution in [0, 0.1) is 0 Å². The molecule has 1 atom stereocenters. The number of carbonyl (C=O) groups is 1. The van der Waals surface area contributed by atoms with Crippen molar-refractivity contribution in [3.05, 3.63) is 48.3 Å². The van der Waals surface area contributed by atoms with Gasteiger partial charge in [0.25, 0.3) is 0 Å². The molecule has 2 aromatic heterocycles. The highest BCUT2D eigenvalue weighted by Gasteiger charge is 2.30. The number of piperazine rings is 1. The van der Waals surface area contributed by atoms with Gasteiger partial charge in [0.05, 0.1) is 12.5 Å². The highest BCUT2D eigenvalue weighted by molar-refractivity contribution is 5.78. The summed E-state index contributed by atoms with van der Waals surface area (Å²) in [6, 6.07) is 3.95. The number of nitrogens with zero attached hydrogens (tertiary/aromatic N) is 5. The van der Waals surface area contributed by atoms with Crippen LogP contribution in [0.3, 0.4) is 0 Å². The first-order valence-corrected chi connectivity index (χ1v) is 7.49. The number of pyridine rings is 1. The molecule has 1 fully saturated rings.